The second-order valence-corrected chi connectivity index (χ2v) is 4.08. The number of nitrogens with one attached hydrogen (secondary N) is 1. The molecule has 0 fully saturated rings. The summed E-state index contributed by atoms with van der Waals surface area (Å²) in [5.74, 6) is -0.526. The Morgan fingerprint density at radius 1 is 1.37 bits per heavy atom. The lowest BCUT2D eigenvalue weighted by Gasteiger charge is -2.08. The molecule has 19 heavy (non-hydrogen) atoms. The molecular formula is C13H10ClFN2O2. The summed E-state index contributed by atoms with van der Waals surface area (Å²) in [6.45, 7) is 0. The summed E-state index contributed by atoms with van der Waals surface area (Å²) in [6.07, 6.45) is 1.45. The van der Waals surface area contributed by atoms with E-state index in [0.717, 1.165) is 0 Å². The second-order valence-electron chi connectivity index (χ2n) is 3.67. The third-order valence-corrected chi connectivity index (χ3v) is 2.70. The van der Waals surface area contributed by atoms with Crippen LogP contribution >= 0.6 is 11.6 Å². The molecule has 0 saturated carbocycles. The summed E-state index contributed by atoms with van der Waals surface area (Å²) >= 11 is 5.93. The molecule has 1 heterocycles. The SMILES string of the molecule is COC(=O)c1ccnc(Nc2cc(F)ccc2Cl)c1. The maximum atomic E-state index is 13.1. The molecule has 1 aromatic carbocycles. The van der Waals surface area contributed by atoms with Crippen molar-refractivity contribution in [1.29, 1.82) is 0 Å². The number of carbonyl (C=O) groups excluding carboxylic acids is 1. The molecule has 0 aliphatic heterocycles. The zero-order chi connectivity index (χ0) is 13.8. The standard InChI is InChI=1S/C13H10ClFN2O2/c1-19-13(18)8-4-5-16-12(6-8)17-11-7-9(15)2-3-10(11)14/h2-7H,1H3,(H,16,17). The summed E-state index contributed by atoms with van der Waals surface area (Å²) in [5.41, 5.74) is 0.712. The van der Waals surface area contributed by atoms with Gasteiger partial charge < -0.3 is 10.1 Å². The van der Waals surface area contributed by atoms with E-state index >= 15 is 0 Å². The normalized spacial score (nSPS) is 10.1. The Kier molecular flexibility index (Phi) is 3.97. The lowest BCUT2D eigenvalue weighted by atomic mass is 10.2. The van der Waals surface area contributed by atoms with Crippen molar-refractivity contribution in [2.45, 2.75) is 0 Å². The number of methoxy groups -OCH3 is 1. The summed E-state index contributed by atoms with van der Waals surface area (Å²) in [5, 5.41) is 3.19. The molecule has 0 amide bonds. The van der Waals surface area contributed by atoms with Gasteiger partial charge in [-0.1, -0.05) is 11.6 Å². The number of nitrogens with zero attached hydrogens (tertiary/aromatic N) is 1. The van der Waals surface area contributed by atoms with E-state index in [0.29, 0.717) is 22.1 Å². The number of esters is 1. The van der Waals surface area contributed by atoms with Gasteiger partial charge in [0, 0.05) is 6.20 Å². The fraction of sp³-hybridized carbons (Fsp3) is 0.0769. The van der Waals surface area contributed by atoms with Crippen LogP contribution in [0.25, 0.3) is 0 Å². The number of hydrogen-bond donors (Lipinski definition) is 1. The van der Waals surface area contributed by atoms with E-state index in [9.17, 15) is 9.18 Å². The number of rotatable bonds is 3. The van der Waals surface area contributed by atoms with Crippen molar-refractivity contribution in [3.63, 3.8) is 0 Å². The van der Waals surface area contributed by atoms with Crippen molar-refractivity contribution >= 4 is 29.1 Å². The summed E-state index contributed by atoms with van der Waals surface area (Å²) < 4.78 is 17.7. The van der Waals surface area contributed by atoms with Crippen LogP contribution in [0.3, 0.4) is 0 Å². The Balaban J connectivity index is 2.28. The number of carbonyl (C=O) groups is 1. The molecule has 0 aliphatic carbocycles. The minimum absolute atomic E-state index is 0.340. The molecule has 0 saturated heterocycles. The first-order valence-electron chi connectivity index (χ1n) is 5.36. The first kappa shape index (κ1) is 13.3. The van der Waals surface area contributed by atoms with Crippen molar-refractivity contribution in [1.82, 2.24) is 4.98 Å². The van der Waals surface area contributed by atoms with Crippen LogP contribution in [0.5, 0.6) is 0 Å². The highest BCUT2D eigenvalue weighted by molar-refractivity contribution is 6.33. The number of ether oxygens (including phenoxy) is 1. The highest BCUT2D eigenvalue weighted by atomic mass is 35.5. The van der Waals surface area contributed by atoms with Gasteiger partial charge in [-0.15, -0.1) is 0 Å². The predicted octanol–water partition coefficient (Wildman–Crippen LogP) is 3.40. The molecule has 0 aliphatic rings. The predicted molar refractivity (Wildman–Crippen MR) is 70.3 cm³/mol. The number of pyridine rings is 1. The fourth-order valence-electron chi connectivity index (χ4n) is 1.47. The molecule has 0 unspecified atom stereocenters. The maximum Gasteiger partial charge on any atom is 0.338 e. The van der Waals surface area contributed by atoms with Crippen LogP contribution in [-0.2, 0) is 4.74 Å². The van der Waals surface area contributed by atoms with Gasteiger partial charge in [0.25, 0.3) is 0 Å². The van der Waals surface area contributed by atoms with Crippen molar-refractivity contribution in [3.05, 3.63) is 52.9 Å². The number of halogens is 2. The minimum atomic E-state index is -0.476. The third-order valence-electron chi connectivity index (χ3n) is 2.37. The van der Waals surface area contributed by atoms with E-state index in [-0.39, 0.29) is 0 Å². The Labute approximate surface area is 114 Å². The summed E-state index contributed by atoms with van der Waals surface area (Å²) in [6, 6.07) is 6.95. The maximum absolute atomic E-state index is 13.1. The first-order valence-corrected chi connectivity index (χ1v) is 5.74. The van der Waals surface area contributed by atoms with E-state index in [4.69, 9.17) is 11.6 Å². The lowest BCUT2D eigenvalue weighted by molar-refractivity contribution is 0.0600. The summed E-state index contributed by atoms with van der Waals surface area (Å²) in [7, 11) is 1.29. The first-order chi connectivity index (χ1) is 9.10. The van der Waals surface area contributed by atoms with Crippen molar-refractivity contribution < 1.29 is 13.9 Å². The minimum Gasteiger partial charge on any atom is -0.465 e. The smallest absolute Gasteiger partial charge is 0.338 e. The van der Waals surface area contributed by atoms with Gasteiger partial charge in [-0.05, 0) is 30.3 Å². The highest BCUT2D eigenvalue weighted by Gasteiger charge is 2.08. The van der Waals surface area contributed by atoms with Gasteiger partial charge in [0.1, 0.15) is 11.6 Å². The average molecular weight is 281 g/mol. The highest BCUT2D eigenvalue weighted by Crippen LogP contribution is 2.25. The van der Waals surface area contributed by atoms with Crippen LogP contribution in [0.15, 0.2) is 36.5 Å². The lowest BCUT2D eigenvalue weighted by Crippen LogP contribution is -2.03. The Hall–Kier alpha value is -2.14. The van der Waals surface area contributed by atoms with Crippen LogP contribution in [0, 0.1) is 5.82 Å². The number of hydrogen-bond acceptors (Lipinski definition) is 4. The van der Waals surface area contributed by atoms with E-state index in [1.165, 1.54) is 43.6 Å². The summed E-state index contributed by atoms with van der Waals surface area (Å²) in [4.78, 5) is 15.4. The van der Waals surface area contributed by atoms with Gasteiger partial charge in [-0.2, -0.15) is 0 Å². The molecule has 0 spiro atoms. The topological polar surface area (TPSA) is 51.2 Å². The van der Waals surface area contributed by atoms with E-state index < -0.39 is 11.8 Å². The molecule has 98 valence electrons. The fourth-order valence-corrected chi connectivity index (χ4v) is 1.64. The molecule has 2 rings (SSSR count). The van der Waals surface area contributed by atoms with Gasteiger partial charge in [0.2, 0.25) is 0 Å². The largest absolute Gasteiger partial charge is 0.465 e. The van der Waals surface area contributed by atoms with Gasteiger partial charge >= 0.3 is 5.97 Å². The van der Waals surface area contributed by atoms with E-state index in [1.807, 2.05) is 0 Å². The molecule has 2 aromatic rings. The van der Waals surface area contributed by atoms with Crippen molar-refractivity contribution in [2.24, 2.45) is 0 Å². The number of benzene rings is 1. The molecule has 0 bridgehead atoms. The second kappa shape index (κ2) is 5.67. The van der Waals surface area contributed by atoms with Crippen LogP contribution in [0.2, 0.25) is 5.02 Å². The molecule has 0 radical (unpaired) electrons. The van der Waals surface area contributed by atoms with Gasteiger partial charge in [0.15, 0.2) is 0 Å². The quantitative estimate of drug-likeness (QED) is 0.876. The Morgan fingerprint density at radius 2 is 2.16 bits per heavy atom. The molecule has 6 heteroatoms. The Bertz CT molecular complexity index is 619. The van der Waals surface area contributed by atoms with Crippen LogP contribution in [0.1, 0.15) is 10.4 Å². The zero-order valence-electron chi connectivity index (χ0n) is 9.98. The monoisotopic (exact) mass is 280 g/mol. The molecule has 0 atom stereocenters. The molecular weight excluding hydrogens is 271 g/mol. The van der Waals surface area contributed by atoms with E-state index in [1.54, 1.807) is 0 Å². The molecule has 1 N–H and O–H groups in total. The van der Waals surface area contributed by atoms with Gasteiger partial charge in [0.05, 0.1) is 23.4 Å². The van der Waals surface area contributed by atoms with Crippen LogP contribution < -0.4 is 5.32 Å². The van der Waals surface area contributed by atoms with E-state index in [2.05, 4.69) is 15.0 Å². The molecule has 4 nitrogen and oxygen atoms in total. The van der Waals surface area contributed by atoms with Gasteiger partial charge in [-0.3, -0.25) is 0 Å². The van der Waals surface area contributed by atoms with Gasteiger partial charge in [-0.25, -0.2) is 14.2 Å². The molecule has 1 aromatic heterocycles. The van der Waals surface area contributed by atoms with Crippen molar-refractivity contribution in [2.75, 3.05) is 12.4 Å². The van der Waals surface area contributed by atoms with Crippen LogP contribution in [0.4, 0.5) is 15.9 Å². The van der Waals surface area contributed by atoms with Crippen molar-refractivity contribution in [3.8, 4) is 0 Å². The van der Waals surface area contributed by atoms with Crippen LogP contribution in [-0.4, -0.2) is 18.1 Å². The number of anilines is 2. The Morgan fingerprint density at radius 3 is 2.89 bits per heavy atom. The zero-order valence-corrected chi connectivity index (χ0v) is 10.7. The third kappa shape index (κ3) is 3.20. The average Bonchev–Trinajstić information content (AvgIpc) is 2.42. The number of aromatic nitrogens is 1.